The molecule has 0 spiro atoms. The molecule has 1 aromatic carbocycles. The first kappa shape index (κ1) is 17.6. The van der Waals surface area contributed by atoms with Gasteiger partial charge in [0.15, 0.2) is 0 Å². The zero-order valence-corrected chi connectivity index (χ0v) is 15.0. The predicted molar refractivity (Wildman–Crippen MR) is 99.2 cm³/mol. The van der Waals surface area contributed by atoms with Gasteiger partial charge in [0.1, 0.15) is 17.8 Å². The number of nitrogens with zero attached hydrogens (tertiary/aromatic N) is 4. The van der Waals surface area contributed by atoms with Crippen LogP contribution in [0, 0.1) is 0 Å². The zero-order valence-electron chi connectivity index (χ0n) is 14.3. The van der Waals surface area contributed by atoms with Crippen molar-refractivity contribution in [3.63, 3.8) is 0 Å². The predicted octanol–water partition coefficient (Wildman–Crippen LogP) is 1.85. The number of amides is 1. The second-order valence-electron chi connectivity index (χ2n) is 6.18. The third-order valence-electron chi connectivity index (χ3n) is 4.33. The van der Waals surface area contributed by atoms with E-state index in [-0.39, 0.29) is 5.91 Å². The van der Waals surface area contributed by atoms with Gasteiger partial charge in [-0.25, -0.2) is 9.97 Å². The summed E-state index contributed by atoms with van der Waals surface area (Å²) in [6.07, 6.45) is 2.21. The number of piperazine rings is 1. The highest BCUT2D eigenvalue weighted by Gasteiger charge is 2.17. The lowest BCUT2D eigenvalue weighted by atomic mass is 10.1. The molecule has 3 rings (SSSR count). The number of aromatic nitrogens is 2. The van der Waals surface area contributed by atoms with E-state index in [1.165, 1.54) is 6.33 Å². The van der Waals surface area contributed by atoms with Crippen LogP contribution in [-0.4, -0.2) is 60.5 Å². The first-order valence-corrected chi connectivity index (χ1v) is 8.78. The van der Waals surface area contributed by atoms with E-state index in [2.05, 4.69) is 32.1 Å². The molecule has 25 heavy (non-hydrogen) atoms. The maximum absolute atomic E-state index is 12.3. The van der Waals surface area contributed by atoms with Crippen LogP contribution in [0.3, 0.4) is 0 Å². The van der Waals surface area contributed by atoms with Gasteiger partial charge in [-0.2, -0.15) is 0 Å². The fraction of sp³-hybridized carbons (Fsp3) is 0.389. The Balaban J connectivity index is 1.55. The van der Waals surface area contributed by atoms with Crippen LogP contribution in [-0.2, 0) is 6.42 Å². The Morgan fingerprint density at radius 2 is 1.88 bits per heavy atom. The highest BCUT2D eigenvalue weighted by Crippen LogP contribution is 2.13. The molecule has 7 heteroatoms. The van der Waals surface area contributed by atoms with Gasteiger partial charge < -0.3 is 15.1 Å². The molecule has 2 aromatic rings. The number of hydrogen-bond acceptors (Lipinski definition) is 5. The molecule has 1 aliphatic heterocycles. The highest BCUT2D eigenvalue weighted by molar-refractivity contribution is 6.30. The molecule has 1 saturated heterocycles. The lowest BCUT2D eigenvalue weighted by Crippen LogP contribution is -2.45. The van der Waals surface area contributed by atoms with E-state index < -0.39 is 0 Å². The number of carbonyl (C=O) groups excluding carboxylic acids is 1. The normalized spacial score (nSPS) is 15.2. The second kappa shape index (κ2) is 8.27. The molecule has 2 heterocycles. The number of halogens is 1. The number of likely N-dealkylation sites (N-methyl/N-ethyl adjacent to an activating group) is 1. The van der Waals surface area contributed by atoms with Crippen LogP contribution >= 0.6 is 11.6 Å². The summed E-state index contributed by atoms with van der Waals surface area (Å²) in [5.41, 5.74) is 1.53. The number of anilines is 1. The van der Waals surface area contributed by atoms with Crippen molar-refractivity contribution in [2.75, 3.05) is 44.7 Å². The molecule has 6 nitrogen and oxygen atoms in total. The number of hydrogen-bond donors (Lipinski definition) is 1. The summed E-state index contributed by atoms with van der Waals surface area (Å²) in [5.74, 6) is 0.637. The SMILES string of the molecule is CN1CCN(c2cc(C(=O)NCCc3ccc(Cl)cc3)ncn2)CC1. The van der Waals surface area contributed by atoms with Crippen molar-refractivity contribution in [2.24, 2.45) is 0 Å². The molecule has 0 bridgehead atoms. The minimum Gasteiger partial charge on any atom is -0.354 e. The van der Waals surface area contributed by atoms with Crippen LogP contribution in [0.5, 0.6) is 0 Å². The molecule has 1 aliphatic rings. The Labute approximate surface area is 152 Å². The molecular formula is C18H22ClN5O. The molecule has 0 atom stereocenters. The molecule has 1 fully saturated rings. The number of benzene rings is 1. The van der Waals surface area contributed by atoms with Crippen LogP contribution in [0.25, 0.3) is 0 Å². The van der Waals surface area contributed by atoms with Gasteiger partial charge in [0, 0.05) is 43.8 Å². The highest BCUT2D eigenvalue weighted by atomic mass is 35.5. The molecule has 1 N–H and O–H groups in total. The number of nitrogens with one attached hydrogen (secondary N) is 1. The van der Waals surface area contributed by atoms with E-state index >= 15 is 0 Å². The summed E-state index contributed by atoms with van der Waals surface area (Å²) >= 11 is 5.87. The summed E-state index contributed by atoms with van der Waals surface area (Å²) in [4.78, 5) is 25.2. The van der Waals surface area contributed by atoms with E-state index in [9.17, 15) is 4.79 Å². The summed E-state index contributed by atoms with van der Waals surface area (Å²) in [6, 6.07) is 9.40. The summed E-state index contributed by atoms with van der Waals surface area (Å²) in [5, 5.41) is 3.62. The maximum Gasteiger partial charge on any atom is 0.270 e. The maximum atomic E-state index is 12.3. The Hall–Kier alpha value is -2.18. The van der Waals surface area contributed by atoms with Gasteiger partial charge in [-0.05, 0) is 31.2 Å². The van der Waals surface area contributed by atoms with Crippen LogP contribution in [0.1, 0.15) is 16.1 Å². The molecule has 132 valence electrons. The minimum absolute atomic E-state index is 0.174. The average Bonchev–Trinajstić information content (AvgIpc) is 2.64. The van der Waals surface area contributed by atoms with Crippen molar-refractivity contribution in [2.45, 2.75) is 6.42 Å². The van der Waals surface area contributed by atoms with Crippen molar-refractivity contribution in [1.29, 1.82) is 0 Å². The lowest BCUT2D eigenvalue weighted by molar-refractivity contribution is 0.0949. The third-order valence-corrected chi connectivity index (χ3v) is 4.58. The van der Waals surface area contributed by atoms with Gasteiger partial charge >= 0.3 is 0 Å². The van der Waals surface area contributed by atoms with Gasteiger partial charge in [0.25, 0.3) is 5.91 Å². The van der Waals surface area contributed by atoms with E-state index in [1.54, 1.807) is 6.07 Å². The van der Waals surface area contributed by atoms with Gasteiger partial charge in [-0.15, -0.1) is 0 Å². The summed E-state index contributed by atoms with van der Waals surface area (Å²) in [6.45, 7) is 4.35. The zero-order chi connectivity index (χ0) is 17.6. The number of carbonyl (C=O) groups is 1. The third kappa shape index (κ3) is 4.90. The Morgan fingerprint density at radius 1 is 1.16 bits per heavy atom. The standard InChI is InChI=1S/C18H22ClN5O/c1-23-8-10-24(11-9-23)17-12-16(21-13-22-17)18(25)20-7-6-14-2-4-15(19)5-3-14/h2-5,12-13H,6-11H2,1H3,(H,20,25). The van der Waals surface area contributed by atoms with Gasteiger partial charge in [0.05, 0.1) is 0 Å². The fourth-order valence-corrected chi connectivity index (χ4v) is 2.87. The monoisotopic (exact) mass is 359 g/mol. The second-order valence-corrected chi connectivity index (χ2v) is 6.62. The Bertz CT molecular complexity index is 714. The summed E-state index contributed by atoms with van der Waals surface area (Å²) < 4.78 is 0. The lowest BCUT2D eigenvalue weighted by Gasteiger charge is -2.33. The van der Waals surface area contributed by atoms with Crippen LogP contribution in [0.2, 0.25) is 5.02 Å². The molecule has 0 aliphatic carbocycles. The summed E-state index contributed by atoms with van der Waals surface area (Å²) in [7, 11) is 2.11. The molecule has 0 saturated carbocycles. The van der Waals surface area contributed by atoms with Crippen molar-refractivity contribution >= 4 is 23.3 Å². The topological polar surface area (TPSA) is 61.4 Å². The van der Waals surface area contributed by atoms with Crippen molar-refractivity contribution in [3.8, 4) is 0 Å². The van der Waals surface area contributed by atoms with E-state index in [4.69, 9.17) is 11.6 Å². The molecular weight excluding hydrogens is 338 g/mol. The van der Waals surface area contributed by atoms with Crippen LogP contribution in [0.4, 0.5) is 5.82 Å². The molecule has 0 radical (unpaired) electrons. The largest absolute Gasteiger partial charge is 0.354 e. The number of rotatable bonds is 5. The fourth-order valence-electron chi connectivity index (χ4n) is 2.74. The molecule has 1 aromatic heterocycles. The van der Waals surface area contributed by atoms with E-state index in [0.29, 0.717) is 17.3 Å². The van der Waals surface area contributed by atoms with Gasteiger partial charge in [-0.1, -0.05) is 23.7 Å². The van der Waals surface area contributed by atoms with E-state index in [0.717, 1.165) is 44.0 Å². The molecule has 0 unspecified atom stereocenters. The van der Waals surface area contributed by atoms with Crippen LogP contribution < -0.4 is 10.2 Å². The molecule has 1 amide bonds. The average molecular weight is 360 g/mol. The van der Waals surface area contributed by atoms with Crippen molar-refractivity contribution in [1.82, 2.24) is 20.2 Å². The Morgan fingerprint density at radius 3 is 2.60 bits per heavy atom. The smallest absolute Gasteiger partial charge is 0.270 e. The van der Waals surface area contributed by atoms with Gasteiger partial charge in [-0.3, -0.25) is 4.79 Å². The van der Waals surface area contributed by atoms with Crippen molar-refractivity contribution in [3.05, 3.63) is 52.9 Å². The Kier molecular flexibility index (Phi) is 5.83. The first-order valence-electron chi connectivity index (χ1n) is 8.40. The van der Waals surface area contributed by atoms with E-state index in [1.807, 2.05) is 24.3 Å². The van der Waals surface area contributed by atoms with Crippen molar-refractivity contribution < 1.29 is 4.79 Å². The van der Waals surface area contributed by atoms with Gasteiger partial charge in [0.2, 0.25) is 0 Å². The quantitative estimate of drug-likeness (QED) is 0.882. The first-order chi connectivity index (χ1) is 12.1. The van der Waals surface area contributed by atoms with Crippen LogP contribution in [0.15, 0.2) is 36.7 Å². The minimum atomic E-state index is -0.174.